The van der Waals surface area contributed by atoms with Crippen LogP contribution in [0.3, 0.4) is 0 Å². The van der Waals surface area contributed by atoms with Crippen LogP contribution in [0.15, 0.2) is 51.8 Å². The average Bonchev–Trinajstić information content (AvgIpc) is 2.54. The van der Waals surface area contributed by atoms with Gasteiger partial charge in [0.2, 0.25) is 0 Å². The van der Waals surface area contributed by atoms with Gasteiger partial charge in [0.25, 0.3) is 5.91 Å². The molecule has 0 saturated carbocycles. The zero-order chi connectivity index (χ0) is 17.5. The van der Waals surface area contributed by atoms with Gasteiger partial charge in [0, 0.05) is 15.1 Å². The number of carbonyl (C=O) groups is 2. The first-order chi connectivity index (χ1) is 11.4. The van der Waals surface area contributed by atoms with E-state index >= 15 is 0 Å². The number of aryl methyl sites for hydroxylation is 1. The molecule has 2 N–H and O–H groups in total. The highest BCUT2D eigenvalue weighted by atomic mass is 79.9. The molecule has 0 aliphatic heterocycles. The van der Waals surface area contributed by atoms with Crippen LogP contribution in [0, 0.1) is 6.92 Å². The number of carbonyl (C=O) groups excluding carboxylic acids is 2. The molecule has 0 aliphatic rings. The van der Waals surface area contributed by atoms with Gasteiger partial charge in [0.15, 0.2) is 6.61 Å². The molecule has 1 amide bonds. The molecular formula is C17H16BrNO4S. The normalized spacial score (nSPS) is 10.2. The Labute approximate surface area is 152 Å². The fourth-order valence-electron chi connectivity index (χ4n) is 1.84. The van der Waals surface area contributed by atoms with Gasteiger partial charge in [-0.2, -0.15) is 0 Å². The lowest BCUT2D eigenvalue weighted by Gasteiger charge is -2.08. The molecule has 0 heterocycles. The Morgan fingerprint density at radius 3 is 2.58 bits per heavy atom. The van der Waals surface area contributed by atoms with Crippen molar-refractivity contribution >= 4 is 45.3 Å². The minimum atomic E-state index is -0.455. The van der Waals surface area contributed by atoms with Gasteiger partial charge in [-0.15, -0.1) is 11.8 Å². The first-order valence-electron chi connectivity index (χ1n) is 7.07. The summed E-state index contributed by atoms with van der Waals surface area (Å²) >= 11 is 4.76. The Morgan fingerprint density at radius 2 is 1.92 bits per heavy atom. The lowest BCUT2D eigenvalue weighted by Crippen LogP contribution is -2.21. The predicted molar refractivity (Wildman–Crippen MR) is 97.3 cm³/mol. The molecule has 2 rings (SSSR count). The van der Waals surface area contributed by atoms with Crippen LogP contribution in [0.4, 0.5) is 5.69 Å². The van der Waals surface area contributed by atoms with E-state index in [1.165, 1.54) is 23.9 Å². The Kier molecular flexibility index (Phi) is 6.69. The number of ether oxygens (including phenoxy) is 1. The van der Waals surface area contributed by atoms with E-state index in [1.807, 2.05) is 25.1 Å². The lowest BCUT2D eigenvalue weighted by atomic mass is 10.2. The third kappa shape index (κ3) is 5.90. The van der Waals surface area contributed by atoms with E-state index in [0.29, 0.717) is 5.69 Å². The summed E-state index contributed by atoms with van der Waals surface area (Å²) in [6, 6.07) is 11.8. The minimum Gasteiger partial charge on any atom is -0.508 e. The van der Waals surface area contributed by atoms with Gasteiger partial charge in [0.05, 0.1) is 5.75 Å². The highest BCUT2D eigenvalue weighted by Gasteiger charge is 2.10. The molecule has 7 heteroatoms. The lowest BCUT2D eigenvalue weighted by molar-refractivity contribution is -0.144. The number of esters is 1. The molecule has 5 nitrogen and oxygen atoms in total. The molecule has 0 aromatic heterocycles. The molecule has 0 bridgehead atoms. The number of nitrogens with one attached hydrogen (secondary N) is 1. The standard InChI is InChI=1S/C17H16BrNO4S/c1-11-8-12(18)2-7-15(11)24-10-17(22)23-9-16(21)19-13-3-5-14(20)6-4-13/h2-8,20H,9-10H2,1H3,(H,19,21). The van der Waals surface area contributed by atoms with E-state index in [0.717, 1.165) is 14.9 Å². The van der Waals surface area contributed by atoms with E-state index in [4.69, 9.17) is 9.84 Å². The first-order valence-corrected chi connectivity index (χ1v) is 8.85. The van der Waals surface area contributed by atoms with Crippen molar-refractivity contribution in [3.05, 3.63) is 52.5 Å². The second kappa shape index (κ2) is 8.75. The number of thioether (sulfide) groups is 1. The van der Waals surface area contributed by atoms with E-state index in [2.05, 4.69) is 21.2 Å². The van der Waals surface area contributed by atoms with Crippen molar-refractivity contribution in [1.82, 2.24) is 0 Å². The number of anilines is 1. The number of rotatable bonds is 6. The molecule has 2 aromatic rings. The zero-order valence-corrected chi connectivity index (χ0v) is 15.3. The van der Waals surface area contributed by atoms with Gasteiger partial charge >= 0.3 is 5.97 Å². The van der Waals surface area contributed by atoms with Crippen molar-refractivity contribution in [1.29, 1.82) is 0 Å². The number of aromatic hydroxyl groups is 1. The van der Waals surface area contributed by atoms with Gasteiger partial charge in [-0.05, 0) is 55.0 Å². The average molecular weight is 410 g/mol. The Balaban J connectivity index is 1.74. The zero-order valence-electron chi connectivity index (χ0n) is 12.9. The second-order valence-corrected chi connectivity index (χ2v) is 6.89. The van der Waals surface area contributed by atoms with Crippen molar-refractivity contribution in [3.8, 4) is 5.75 Å². The van der Waals surface area contributed by atoms with Gasteiger partial charge in [-0.3, -0.25) is 9.59 Å². The molecule has 126 valence electrons. The van der Waals surface area contributed by atoms with Crippen molar-refractivity contribution in [2.75, 3.05) is 17.7 Å². The summed E-state index contributed by atoms with van der Waals surface area (Å²) in [5, 5.41) is 11.7. The van der Waals surface area contributed by atoms with E-state index in [9.17, 15) is 9.59 Å². The van der Waals surface area contributed by atoms with Crippen molar-refractivity contribution in [2.45, 2.75) is 11.8 Å². The summed E-state index contributed by atoms with van der Waals surface area (Å²) in [5.74, 6) is -0.642. The van der Waals surface area contributed by atoms with Gasteiger partial charge < -0.3 is 15.2 Å². The summed E-state index contributed by atoms with van der Waals surface area (Å²) < 4.78 is 5.94. The maximum Gasteiger partial charge on any atom is 0.316 e. The Morgan fingerprint density at radius 1 is 1.21 bits per heavy atom. The summed E-state index contributed by atoms with van der Waals surface area (Å²) in [6.07, 6.45) is 0. The number of phenolic OH excluding ortho intramolecular Hbond substituents is 1. The number of benzene rings is 2. The summed E-state index contributed by atoms with van der Waals surface area (Å²) in [6.45, 7) is 1.61. The molecule has 0 saturated heterocycles. The van der Waals surface area contributed by atoms with Crippen LogP contribution in [0.5, 0.6) is 5.75 Å². The van der Waals surface area contributed by atoms with Gasteiger partial charge in [0.1, 0.15) is 5.75 Å². The first kappa shape index (κ1) is 18.4. The number of hydrogen-bond acceptors (Lipinski definition) is 5. The molecule has 0 unspecified atom stereocenters. The van der Waals surface area contributed by atoms with Crippen LogP contribution in [-0.4, -0.2) is 29.3 Å². The highest BCUT2D eigenvalue weighted by molar-refractivity contribution is 9.10. The van der Waals surface area contributed by atoms with Crippen LogP contribution in [-0.2, 0) is 14.3 Å². The fourth-order valence-corrected chi connectivity index (χ4v) is 3.12. The predicted octanol–water partition coefficient (Wildman–Crippen LogP) is 3.74. The van der Waals surface area contributed by atoms with E-state index in [1.54, 1.807) is 12.1 Å². The van der Waals surface area contributed by atoms with Crippen LogP contribution in [0.2, 0.25) is 0 Å². The van der Waals surface area contributed by atoms with Gasteiger partial charge in [-0.1, -0.05) is 15.9 Å². The molecule has 0 aliphatic carbocycles. The van der Waals surface area contributed by atoms with E-state index in [-0.39, 0.29) is 18.1 Å². The third-order valence-electron chi connectivity index (χ3n) is 3.00. The van der Waals surface area contributed by atoms with Gasteiger partial charge in [-0.25, -0.2) is 0 Å². The summed E-state index contributed by atoms with van der Waals surface area (Å²) in [5.41, 5.74) is 1.58. The number of hydrogen-bond donors (Lipinski definition) is 2. The maximum absolute atomic E-state index is 11.7. The molecule has 0 radical (unpaired) electrons. The number of phenols is 1. The topological polar surface area (TPSA) is 75.6 Å². The largest absolute Gasteiger partial charge is 0.508 e. The number of halogens is 1. The summed E-state index contributed by atoms with van der Waals surface area (Å²) in [4.78, 5) is 24.4. The van der Waals surface area contributed by atoms with Crippen molar-refractivity contribution in [2.24, 2.45) is 0 Å². The van der Waals surface area contributed by atoms with Crippen molar-refractivity contribution in [3.63, 3.8) is 0 Å². The minimum absolute atomic E-state index is 0.111. The molecule has 0 atom stereocenters. The number of amides is 1. The van der Waals surface area contributed by atoms with Crippen LogP contribution in [0.25, 0.3) is 0 Å². The Bertz CT molecular complexity index is 734. The Hall–Kier alpha value is -1.99. The second-order valence-electron chi connectivity index (χ2n) is 4.95. The molecule has 0 fully saturated rings. The molecule has 2 aromatic carbocycles. The van der Waals surface area contributed by atoms with E-state index < -0.39 is 11.9 Å². The molecule has 0 spiro atoms. The maximum atomic E-state index is 11.7. The van der Waals surface area contributed by atoms with Crippen LogP contribution < -0.4 is 5.32 Å². The monoisotopic (exact) mass is 409 g/mol. The summed E-state index contributed by atoms with van der Waals surface area (Å²) in [7, 11) is 0. The molecular weight excluding hydrogens is 394 g/mol. The molecule has 24 heavy (non-hydrogen) atoms. The SMILES string of the molecule is Cc1cc(Br)ccc1SCC(=O)OCC(=O)Nc1ccc(O)cc1. The smallest absolute Gasteiger partial charge is 0.316 e. The van der Waals surface area contributed by atoms with Crippen LogP contribution >= 0.6 is 27.7 Å². The van der Waals surface area contributed by atoms with Crippen molar-refractivity contribution < 1.29 is 19.4 Å². The quantitative estimate of drug-likeness (QED) is 0.431. The fraction of sp³-hybridized carbons (Fsp3) is 0.176. The highest BCUT2D eigenvalue weighted by Crippen LogP contribution is 2.25. The van der Waals surface area contributed by atoms with Crippen LogP contribution in [0.1, 0.15) is 5.56 Å². The third-order valence-corrected chi connectivity index (χ3v) is 4.64.